The SMILES string of the molecule is CN=C(NCCCn1c(C)nc2ccccc21)NCc1noc(C(C)(C)C)n1.I. The molecule has 0 unspecified atom stereocenters. The topological polar surface area (TPSA) is 93.2 Å². The van der Waals surface area contributed by atoms with Gasteiger partial charge in [0.2, 0.25) is 5.89 Å². The van der Waals surface area contributed by atoms with Gasteiger partial charge < -0.3 is 19.7 Å². The molecule has 3 aromatic rings. The molecule has 9 heteroatoms. The van der Waals surface area contributed by atoms with Crippen LogP contribution in [0.3, 0.4) is 0 Å². The van der Waals surface area contributed by atoms with E-state index in [-0.39, 0.29) is 29.4 Å². The molecule has 0 bridgehead atoms. The van der Waals surface area contributed by atoms with Crippen molar-refractivity contribution >= 4 is 41.0 Å². The number of imidazole rings is 1. The molecule has 0 saturated heterocycles. The van der Waals surface area contributed by atoms with Crippen LogP contribution in [0.5, 0.6) is 0 Å². The Morgan fingerprint density at radius 1 is 1.17 bits per heavy atom. The molecule has 0 aliphatic rings. The fraction of sp³-hybridized carbons (Fsp3) is 0.500. The van der Waals surface area contributed by atoms with Gasteiger partial charge >= 0.3 is 0 Å². The Hall–Kier alpha value is -2.17. The van der Waals surface area contributed by atoms with E-state index < -0.39 is 0 Å². The van der Waals surface area contributed by atoms with E-state index in [1.165, 1.54) is 5.52 Å². The molecule has 3 rings (SSSR count). The lowest BCUT2D eigenvalue weighted by Crippen LogP contribution is -2.37. The Labute approximate surface area is 188 Å². The molecule has 0 amide bonds. The number of hydrogen-bond acceptors (Lipinski definition) is 5. The Morgan fingerprint density at radius 2 is 1.93 bits per heavy atom. The second kappa shape index (κ2) is 10.0. The molecule has 29 heavy (non-hydrogen) atoms. The zero-order valence-electron chi connectivity index (χ0n) is 17.7. The van der Waals surface area contributed by atoms with Gasteiger partial charge in [0.05, 0.1) is 17.6 Å². The van der Waals surface area contributed by atoms with Crippen molar-refractivity contribution < 1.29 is 4.52 Å². The lowest BCUT2D eigenvalue weighted by atomic mass is 9.97. The third-order valence-corrected chi connectivity index (χ3v) is 4.44. The Bertz CT molecular complexity index is 955. The molecule has 1 aromatic carbocycles. The van der Waals surface area contributed by atoms with Gasteiger partial charge in [-0.15, -0.1) is 24.0 Å². The number of benzene rings is 1. The van der Waals surface area contributed by atoms with Gasteiger partial charge in [-0.2, -0.15) is 4.98 Å². The highest BCUT2D eigenvalue weighted by Crippen LogP contribution is 2.19. The highest BCUT2D eigenvalue weighted by molar-refractivity contribution is 14.0. The van der Waals surface area contributed by atoms with E-state index in [0.29, 0.717) is 24.2 Å². The second-order valence-corrected chi connectivity index (χ2v) is 7.77. The zero-order chi connectivity index (χ0) is 20.1. The van der Waals surface area contributed by atoms with Crippen molar-refractivity contribution in [2.24, 2.45) is 4.99 Å². The maximum atomic E-state index is 5.31. The van der Waals surface area contributed by atoms with Crippen LogP contribution in [-0.2, 0) is 18.5 Å². The molecule has 0 saturated carbocycles. The second-order valence-electron chi connectivity index (χ2n) is 7.77. The molecule has 0 radical (unpaired) electrons. The van der Waals surface area contributed by atoms with Crippen LogP contribution in [0.1, 0.15) is 44.7 Å². The van der Waals surface area contributed by atoms with E-state index in [9.17, 15) is 0 Å². The zero-order valence-corrected chi connectivity index (χ0v) is 20.0. The minimum atomic E-state index is -0.152. The van der Waals surface area contributed by atoms with Crippen LogP contribution < -0.4 is 10.6 Å². The van der Waals surface area contributed by atoms with Gasteiger partial charge in [0.15, 0.2) is 11.8 Å². The van der Waals surface area contributed by atoms with E-state index in [2.05, 4.69) is 41.4 Å². The first-order valence-electron chi connectivity index (χ1n) is 9.58. The smallest absolute Gasteiger partial charge is 0.232 e. The molecule has 0 spiro atoms. The Balaban J connectivity index is 0.00000300. The molecule has 8 nitrogen and oxygen atoms in total. The van der Waals surface area contributed by atoms with Crippen LogP contribution in [0.15, 0.2) is 33.8 Å². The van der Waals surface area contributed by atoms with Crippen molar-refractivity contribution in [2.75, 3.05) is 13.6 Å². The van der Waals surface area contributed by atoms with Crippen LogP contribution in [0.2, 0.25) is 0 Å². The maximum absolute atomic E-state index is 5.31. The summed E-state index contributed by atoms with van der Waals surface area (Å²) in [6, 6.07) is 8.23. The number of fused-ring (bicyclic) bond motifs is 1. The summed E-state index contributed by atoms with van der Waals surface area (Å²) in [5, 5.41) is 10.6. The average Bonchev–Trinajstić information content (AvgIpc) is 3.25. The molecule has 0 fully saturated rings. The number of nitrogens with zero attached hydrogens (tertiary/aromatic N) is 5. The fourth-order valence-corrected chi connectivity index (χ4v) is 2.94. The van der Waals surface area contributed by atoms with E-state index >= 15 is 0 Å². The fourth-order valence-electron chi connectivity index (χ4n) is 2.94. The summed E-state index contributed by atoms with van der Waals surface area (Å²) in [7, 11) is 1.75. The number of aromatic nitrogens is 4. The lowest BCUT2D eigenvalue weighted by molar-refractivity contribution is 0.318. The molecule has 2 aromatic heterocycles. The minimum absolute atomic E-state index is 0. The van der Waals surface area contributed by atoms with Gasteiger partial charge in [-0.1, -0.05) is 38.1 Å². The molecule has 0 atom stereocenters. The van der Waals surface area contributed by atoms with Crippen LogP contribution >= 0.6 is 24.0 Å². The molecular weight excluding hydrogens is 481 g/mol. The van der Waals surface area contributed by atoms with Crippen molar-refractivity contribution in [2.45, 2.75) is 52.6 Å². The van der Waals surface area contributed by atoms with Gasteiger partial charge in [-0.25, -0.2) is 4.98 Å². The molecule has 158 valence electrons. The van der Waals surface area contributed by atoms with Crippen molar-refractivity contribution in [3.63, 3.8) is 0 Å². The third kappa shape index (κ3) is 5.91. The molecule has 0 aliphatic heterocycles. The normalized spacial score (nSPS) is 12.1. The highest BCUT2D eigenvalue weighted by atomic mass is 127. The number of para-hydroxylation sites is 2. The summed E-state index contributed by atoms with van der Waals surface area (Å²) in [5.74, 6) is 3.01. The number of aryl methyl sites for hydroxylation is 2. The summed E-state index contributed by atoms with van der Waals surface area (Å²) in [6.45, 7) is 10.3. The van der Waals surface area contributed by atoms with E-state index in [1.54, 1.807) is 7.05 Å². The van der Waals surface area contributed by atoms with Crippen molar-refractivity contribution in [3.05, 3.63) is 41.8 Å². The van der Waals surface area contributed by atoms with Gasteiger partial charge in [-0.05, 0) is 25.5 Å². The lowest BCUT2D eigenvalue weighted by Gasteiger charge is -2.12. The van der Waals surface area contributed by atoms with Crippen molar-refractivity contribution in [1.82, 2.24) is 30.3 Å². The number of hydrogen-bond donors (Lipinski definition) is 2. The van der Waals surface area contributed by atoms with Gasteiger partial charge in [0.1, 0.15) is 5.82 Å². The number of aliphatic imine (C=N–C) groups is 1. The molecular formula is C20H30IN7O. The first-order chi connectivity index (χ1) is 13.4. The van der Waals surface area contributed by atoms with Crippen LogP contribution in [0.4, 0.5) is 0 Å². The summed E-state index contributed by atoms with van der Waals surface area (Å²) >= 11 is 0. The first-order valence-corrected chi connectivity index (χ1v) is 9.58. The van der Waals surface area contributed by atoms with Crippen LogP contribution in [0, 0.1) is 6.92 Å². The summed E-state index contributed by atoms with van der Waals surface area (Å²) < 4.78 is 7.56. The van der Waals surface area contributed by atoms with Crippen molar-refractivity contribution in [3.8, 4) is 0 Å². The van der Waals surface area contributed by atoms with Gasteiger partial charge in [0.25, 0.3) is 0 Å². The largest absolute Gasteiger partial charge is 0.356 e. The predicted octanol–water partition coefficient (Wildman–Crippen LogP) is 3.40. The van der Waals surface area contributed by atoms with Crippen molar-refractivity contribution in [1.29, 1.82) is 0 Å². The molecule has 2 N–H and O–H groups in total. The van der Waals surface area contributed by atoms with Gasteiger partial charge in [-0.3, -0.25) is 4.99 Å². The Morgan fingerprint density at radius 3 is 2.62 bits per heavy atom. The third-order valence-electron chi connectivity index (χ3n) is 4.44. The summed E-state index contributed by atoms with van der Waals surface area (Å²) in [6.07, 6.45) is 0.957. The monoisotopic (exact) mass is 511 g/mol. The van der Waals surface area contributed by atoms with E-state index in [1.807, 2.05) is 45.9 Å². The molecule has 0 aliphatic carbocycles. The molecule has 2 heterocycles. The van der Waals surface area contributed by atoms with E-state index in [4.69, 9.17) is 4.52 Å². The summed E-state index contributed by atoms with van der Waals surface area (Å²) in [5.41, 5.74) is 2.07. The maximum Gasteiger partial charge on any atom is 0.232 e. The first kappa shape index (κ1) is 23.1. The van der Waals surface area contributed by atoms with Crippen LogP contribution in [0.25, 0.3) is 11.0 Å². The number of guanidine groups is 1. The standard InChI is InChI=1S/C20H29N7O.HI/c1-14-24-15-9-6-7-10-16(15)27(14)12-8-11-22-19(21-5)23-13-17-25-18(28-26-17)20(2,3)4;/h6-7,9-10H,8,11-13H2,1-5H3,(H2,21,22,23);1H. The van der Waals surface area contributed by atoms with Crippen LogP contribution in [-0.4, -0.2) is 39.2 Å². The number of rotatable bonds is 6. The number of nitrogens with one attached hydrogen (secondary N) is 2. The number of halogens is 1. The Kier molecular flexibility index (Phi) is 8.00. The summed E-state index contributed by atoms with van der Waals surface area (Å²) in [4.78, 5) is 13.3. The highest BCUT2D eigenvalue weighted by Gasteiger charge is 2.21. The quantitative estimate of drug-likeness (QED) is 0.228. The predicted molar refractivity (Wildman–Crippen MR) is 126 cm³/mol. The van der Waals surface area contributed by atoms with Gasteiger partial charge in [0, 0.05) is 25.6 Å². The minimum Gasteiger partial charge on any atom is -0.356 e. The average molecular weight is 511 g/mol. The van der Waals surface area contributed by atoms with E-state index in [0.717, 1.165) is 30.9 Å².